The van der Waals surface area contributed by atoms with Crippen molar-refractivity contribution in [2.75, 3.05) is 12.0 Å². The van der Waals surface area contributed by atoms with Gasteiger partial charge in [-0.2, -0.15) is 0 Å². The molecule has 1 aromatic carbocycles. The number of aromatic nitrogens is 1. The fraction of sp³-hybridized carbons (Fsp3) is 0.286. The first kappa shape index (κ1) is 13.7. The molecule has 19 heavy (non-hydrogen) atoms. The van der Waals surface area contributed by atoms with Crippen molar-refractivity contribution < 1.29 is 8.42 Å². The number of hydrogen-bond donors (Lipinski definition) is 1. The van der Waals surface area contributed by atoms with Crippen LogP contribution in [0.15, 0.2) is 35.2 Å². The maximum absolute atomic E-state index is 11.8. The highest BCUT2D eigenvalue weighted by molar-refractivity contribution is 7.91. The Morgan fingerprint density at radius 3 is 2.21 bits per heavy atom. The summed E-state index contributed by atoms with van der Waals surface area (Å²) in [5.74, 6) is 0.321. The maximum Gasteiger partial charge on any atom is 0.179 e. The number of nitrogen functional groups attached to an aromatic ring is 1. The maximum atomic E-state index is 11.8. The van der Waals surface area contributed by atoms with Crippen LogP contribution in [0.3, 0.4) is 0 Å². The number of sulfone groups is 1. The lowest BCUT2D eigenvalue weighted by Gasteiger charge is -2.09. The first-order valence-corrected chi connectivity index (χ1v) is 7.90. The predicted molar refractivity (Wildman–Crippen MR) is 77.0 cm³/mol. The average Bonchev–Trinajstić information content (AvgIpc) is 2.54. The van der Waals surface area contributed by atoms with Crippen molar-refractivity contribution in [2.24, 2.45) is 0 Å². The minimum Gasteiger partial charge on any atom is -0.384 e. The normalized spacial score (nSPS) is 11.7. The minimum atomic E-state index is -3.30. The third-order valence-electron chi connectivity index (χ3n) is 3.37. The van der Waals surface area contributed by atoms with E-state index < -0.39 is 9.84 Å². The minimum absolute atomic E-state index is 0.251. The number of nitrogens with zero attached hydrogens (tertiary/aromatic N) is 1. The van der Waals surface area contributed by atoms with E-state index >= 15 is 0 Å². The number of anilines is 1. The van der Waals surface area contributed by atoms with Crippen LogP contribution in [-0.4, -0.2) is 19.2 Å². The number of hydrogen-bond acceptors (Lipinski definition) is 3. The van der Waals surface area contributed by atoms with E-state index in [0.717, 1.165) is 16.8 Å². The van der Waals surface area contributed by atoms with Gasteiger partial charge in [0.05, 0.1) is 0 Å². The Kier molecular flexibility index (Phi) is 3.41. The molecule has 0 radical (unpaired) electrons. The van der Waals surface area contributed by atoms with Crippen molar-refractivity contribution >= 4 is 15.7 Å². The van der Waals surface area contributed by atoms with E-state index in [1.165, 1.54) is 6.26 Å². The van der Waals surface area contributed by atoms with Gasteiger partial charge in [0, 0.05) is 18.5 Å². The molecule has 0 atom stereocenters. The SMILES string of the molecule is Cc1c(S(C)(=O)=O)c(N)n(Cc2ccccc2)c1C. The lowest BCUT2D eigenvalue weighted by Crippen LogP contribution is -2.08. The van der Waals surface area contributed by atoms with E-state index in [1.807, 2.05) is 41.8 Å². The second-order valence-corrected chi connectivity index (χ2v) is 6.72. The lowest BCUT2D eigenvalue weighted by molar-refractivity contribution is 0.601. The van der Waals surface area contributed by atoms with Gasteiger partial charge in [-0.25, -0.2) is 8.42 Å². The van der Waals surface area contributed by atoms with Gasteiger partial charge < -0.3 is 10.3 Å². The molecule has 4 nitrogen and oxygen atoms in total. The molecule has 0 aliphatic heterocycles. The van der Waals surface area contributed by atoms with Gasteiger partial charge in [0.15, 0.2) is 9.84 Å². The predicted octanol–water partition coefficient (Wildman–Crippen LogP) is 2.14. The van der Waals surface area contributed by atoms with Crippen molar-refractivity contribution in [3.05, 3.63) is 47.2 Å². The number of rotatable bonds is 3. The van der Waals surface area contributed by atoms with Gasteiger partial charge in [-0.1, -0.05) is 30.3 Å². The smallest absolute Gasteiger partial charge is 0.179 e. The Morgan fingerprint density at radius 1 is 1.16 bits per heavy atom. The third kappa shape index (κ3) is 2.51. The summed E-state index contributed by atoms with van der Waals surface area (Å²) < 4.78 is 25.4. The monoisotopic (exact) mass is 278 g/mol. The average molecular weight is 278 g/mol. The molecule has 5 heteroatoms. The molecular weight excluding hydrogens is 260 g/mol. The molecule has 2 N–H and O–H groups in total. The zero-order chi connectivity index (χ0) is 14.2. The summed E-state index contributed by atoms with van der Waals surface area (Å²) in [5.41, 5.74) is 8.74. The van der Waals surface area contributed by atoms with Crippen LogP contribution >= 0.6 is 0 Å². The summed E-state index contributed by atoms with van der Waals surface area (Å²) in [6.45, 7) is 4.27. The summed E-state index contributed by atoms with van der Waals surface area (Å²) in [4.78, 5) is 0.251. The molecule has 1 aromatic heterocycles. The number of nitrogens with two attached hydrogens (primary N) is 1. The van der Waals surface area contributed by atoms with Crippen molar-refractivity contribution in [2.45, 2.75) is 25.3 Å². The van der Waals surface area contributed by atoms with E-state index in [4.69, 9.17) is 5.73 Å². The molecule has 102 valence electrons. The van der Waals surface area contributed by atoms with Crippen molar-refractivity contribution in [3.63, 3.8) is 0 Å². The summed E-state index contributed by atoms with van der Waals surface area (Å²) in [6.07, 6.45) is 1.19. The molecule has 0 fully saturated rings. The number of benzene rings is 1. The van der Waals surface area contributed by atoms with Crippen molar-refractivity contribution in [1.29, 1.82) is 0 Å². The van der Waals surface area contributed by atoms with E-state index in [2.05, 4.69) is 0 Å². The lowest BCUT2D eigenvalue weighted by atomic mass is 10.2. The molecule has 0 unspecified atom stereocenters. The largest absolute Gasteiger partial charge is 0.384 e. The summed E-state index contributed by atoms with van der Waals surface area (Å²) in [6, 6.07) is 9.84. The Balaban J connectivity index is 2.55. The molecule has 0 aliphatic carbocycles. The zero-order valence-corrected chi connectivity index (χ0v) is 12.2. The van der Waals surface area contributed by atoms with Crippen LogP contribution in [-0.2, 0) is 16.4 Å². The Morgan fingerprint density at radius 2 is 1.74 bits per heavy atom. The fourth-order valence-electron chi connectivity index (χ4n) is 2.30. The standard InChI is InChI=1S/C14H18N2O2S/c1-10-11(2)16(9-12-7-5-4-6-8-12)14(15)13(10)19(3,17)18/h4-8H,9,15H2,1-3H3. The highest BCUT2D eigenvalue weighted by atomic mass is 32.2. The van der Waals surface area contributed by atoms with Crippen LogP contribution in [0.5, 0.6) is 0 Å². The van der Waals surface area contributed by atoms with Crippen molar-refractivity contribution in [1.82, 2.24) is 4.57 Å². The Bertz CT molecular complexity index is 701. The van der Waals surface area contributed by atoms with Gasteiger partial charge in [0.1, 0.15) is 10.7 Å². The van der Waals surface area contributed by atoms with E-state index in [9.17, 15) is 8.42 Å². The molecule has 1 heterocycles. The van der Waals surface area contributed by atoms with Gasteiger partial charge in [0.2, 0.25) is 0 Å². The molecule has 2 rings (SSSR count). The third-order valence-corrected chi connectivity index (χ3v) is 4.62. The van der Waals surface area contributed by atoms with Crippen LogP contribution in [0, 0.1) is 13.8 Å². The van der Waals surface area contributed by atoms with Crippen molar-refractivity contribution in [3.8, 4) is 0 Å². The van der Waals surface area contributed by atoms with Crippen LogP contribution in [0.25, 0.3) is 0 Å². The van der Waals surface area contributed by atoms with E-state index in [-0.39, 0.29) is 4.90 Å². The van der Waals surface area contributed by atoms with Crippen LogP contribution in [0.2, 0.25) is 0 Å². The second kappa shape index (κ2) is 4.74. The zero-order valence-electron chi connectivity index (χ0n) is 11.3. The molecule has 0 saturated carbocycles. The van der Waals surface area contributed by atoms with Gasteiger partial charge in [-0.05, 0) is 25.0 Å². The van der Waals surface area contributed by atoms with Gasteiger partial charge in [-0.3, -0.25) is 0 Å². The summed E-state index contributed by atoms with van der Waals surface area (Å²) >= 11 is 0. The first-order valence-electron chi connectivity index (χ1n) is 6.01. The fourth-order valence-corrected chi connectivity index (χ4v) is 3.49. The van der Waals surface area contributed by atoms with Crippen LogP contribution in [0.4, 0.5) is 5.82 Å². The topological polar surface area (TPSA) is 65.1 Å². The Labute approximate surface area is 113 Å². The van der Waals surface area contributed by atoms with E-state index in [1.54, 1.807) is 6.92 Å². The quantitative estimate of drug-likeness (QED) is 0.935. The molecule has 0 amide bonds. The van der Waals surface area contributed by atoms with Crippen LogP contribution in [0.1, 0.15) is 16.8 Å². The molecule has 0 aliphatic rings. The molecule has 2 aromatic rings. The highest BCUT2D eigenvalue weighted by Crippen LogP contribution is 2.29. The molecule has 0 spiro atoms. The summed E-state index contributed by atoms with van der Waals surface area (Å²) in [5, 5.41) is 0. The van der Waals surface area contributed by atoms with Crippen LogP contribution < -0.4 is 5.73 Å². The van der Waals surface area contributed by atoms with Gasteiger partial charge in [-0.15, -0.1) is 0 Å². The first-order chi connectivity index (χ1) is 8.82. The second-order valence-electron chi connectivity index (χ2n) is 4.77. The highest BCUT2D eigenvalue weighted by Gasteiger charge is 2.22. The van der Waals surface area contributed by atoms with E-state index in [0.29, 0.717) is 12.4 Å². The molecule has 0 saturated heterocycles. The molecule has 0 bridgehead atoms. The van der Waals surface area contributed by atoms with Gasteiger partial charge in [0.25, 0.3) is 0 Å². The van der Waals surface area contributed by atoms with Gasteiger partial charge >= 0.3 is 0 Å². The Hall–Kier alpha value is -1.75. The summed E-state index contributed by atoms with van der Waals surface area (Å²) in [7, 11) is -3.30. The molecular formula is C14H18N2O2S.